The summed E-state index contributed by atoms with van der Waals surface area (Å²) in [7, 11) is -3.55. The molecule has 164 valence electrons. The highest BCUT2D eigenvalue weighted by Gasteiger charge is 2.26. The fourth-order valence-corrected chi connectivity index (χ4v) is 4.40. The molecule has 0 aliphatic carbocycles. The maximum atomic E-state index is 12.6. The summed E-state index contributed by atoms with van der Waals surface area (Å²) in [6, 6.07) is 12.3. The first-order valence-electron chi connectivity index (χ1n) is 9.31. The first-order chi connectivity index (χ1) is 14.8. The van der Waals surface area contributed by atoms with Gasteiger partial charge in [-0.1, -0.05) is 0 Å². The molecule has 1 saturated heterocycles. The molecule has 0 radical (unpaired) electrons. The SMILES string of the molecule is C/C(=N\NC(=S)Nc1ccc(S(=O)(=O)N2CCOCC2)cc1)c1ccc([N+](=O)[O-])cc1. The Kier molecular flexibility index (Phi) is 7.28. The van der Waals surface area contributed by atoms with E-state index >= 15 is 0 Å². The minimum absolute atomic E-state index is 0.000720. The predicted molar refractivity (Wildman–Crippen MR) is 121 cm³/mol. The summed E-state index contributed by atoms with van der Waals surface area (Å²) in [6.07, 6.45) is 0. The van der Waals surface area contributed by atoms with Crippen LogP contribution in [0.3, 0.4) is 0 Å². The van der Waals surface area contributed by atoms with Crippen LogP contribution < -0.4 is 10.7 Å². The van der Waals surface area contributed by atoms with Gasteiger partial charge in [-0.25, -0.2) is 8.42 Å². The Morgan fingerprint density at radius 2 is 1.74 bits per heavy atom. The van der Waals surface area contributed by atoms with Crippen LogP contribution in [0.5, 0.6) is 0 Å². The lowest BCUT2D eigenvalue weighted by Gasteiger charge is -2.26. The van der Waals surface area contributed by atoms with Crippen molar-refractivity contribution >= 4 is 44.4 Å². The molecule has 0 unspecified atom stereocenters. The van der Waals surface area contributed by atoms with Crippen LogP contribution in [-0.4, -0.2) is 54.8 Å². The smallest absolute Gasteiger partial charge is 0.269 e. The lowest BCUT2D eigenvalue weighted by Crippen LogP contribution is -2.40. The fraction of sp³-hybridized carbons (Fsp3) is 0.263. The van der Waals surface area contributed by atoms with Crippen LogP contribution in [0, 0.1) is 10.1 Å². The quantitative estimate of drug-likeness (QED) is 0.289. The van der Waals surface area contributed by atoms with Crippen molar-refractivity contribution in [1.82, 2.24) is 9.73 Å². The molecule has 1 aliphatic heterocycles. The highest BCUT2D eigenvalue weighted by Crippen LogP contribution is 2.19. The second-order valence-electron chi connectivity index (χ2n) is 6.61. The number of benzene rings is 2. The number of sulfonamides is 1. The lowest BCUT2D eigenvalue weighted by molar-refractivity contribution is -0.384. The molecule has 2 aromatic carbocycles. The summed E-state index contributed by atoms with van der Waals surface area (Å²) in [5, 5.41) is 18.0. The molecular weight excluding hydrogens is 442 g/mol. The number of nitro benzene ring substituents is 1. The van der Waals surface area contributed by atoms with Crippen LogP contribution in [-0.2, 0) is 14.8 Å². The average molecular weight is 464 g/mol. The number of rotatable bonds is 6. The summed E-state index contributed by atoms with van der Waals surface area (Å²) in [5.41, 5.74) is 4.59. The van der Waals surface area contributed by atoms with Crippen LogP contribution in [0.25, 0.3) is 0 Å². The molecule has 0 aromatic heterocycles. The summed E-state index contributed by atoms with van der Waals surface area (Å²) >= 11 is 5.21. The molecule has 3 rings (SSSR count). The first kappa shape index (κ1) is 22.7. The minimum atomic E-state index is -3.55. The number of hydrazone groups is 1. The minimum Gasteiger partial charge on any atom is -0.379 e. The van der Waals surface area contributed by atoms with E-state index in [1.165, 1.54) is 28.6 Å². The highest BCUT2D eigenvalue weighted by molar-refractivity contribution is 7.89. The summed E-state index contributed by atoms with van der Waals surface area (Å²) in [4.78, 5) is 10.5. The van der Waals surface area contributed by atoms with E-state index in [9.17, 15) is 18.5 Å². The van der Waals surface area contributed by atoms with Crippen molar-refractivity contribution in [1.29, 1.82) is 0 Å². The summed E-state index contributed by atoms with van der Waals surface area (Å²) < 4.78 is 31.9. The molecule has 0 spiro atoms. The van der Waals surface area contributed by atoms with Crippen molar-refractivity contribution in [3.63, 3.8) is 0 Å². The van der Waals surface area contributed by atoms with E-state index < -0.39 is 14.9 Å². The molecule has 1 heterocycles. The largest absolute Gasteiger partial charge is 0.379 e. The fourth-order valence-electron chi connectivity index (χ4n) is 2.83. The zero-order chi connectivity index (χ0) is 22.4. The van der Waals surface area contributed by atoms with Crippen LogP contribution in [0.2, 0.25) is 0 Å². The third kappa shape index (κ3) is 5.82. The summed E-state index contributed by atoms with van der Waals surface area (Å²) in [6.45, 7) is 3.18. The molecule has 2 N–H and O–H groups in total. The highest BCUT2D eigenvalue weighted by atomic mass is 32.2. The molecule has 0 bridgehead atoms. The predicted octanol–water partition coefficient (Wildman–Crippen LogP) is 2.33. The maximum Gasteiger partial charge on any atom is 0.269 e. The van der Waals surface area contributed by atoms with Crippen LogP contribution >= 0.6 is 12.2 Å². The normalized spacial score (nSPS) is 15.3. The van der Waals surface area contributed by atoms with Crippen molar-refractivity contribution in [3.05, 3.63) is 64.2 Å². The molecule has 0 saturated carbocycles. The molecular formula is C19H21N5O5S2. The Bertz CT molecular complexity index is 1080. The molecule has 2 aromatic rings. The Balaban J connectivity index is 1.59. The van der Waals surface area contributed by atoms with Gasteiger partial charge in [0.15, 0.2) is 5.11 Å². The van der Waals surface area contributed by atoms with Gasteiger partial charge >= 0.3 is 0 Å². The molecule has 0 atom stereocenters. The molecule has 10 nitrogen and oxygen atoms in total. The average Bonchev–Trinajstić information content (AvgIpc) is 2.78. The Labute approximate surface area is 185 Å². The summed E-state index contributed by atoms with van der Waals surface area (Å²) in [5.74, 6) is 0. The van der Waals surface area contributed by atoms with Gasteiger partial charge in [-0.15, -0.1) is 0 Å². The Morgan fingerprint density at radius 3 is 2.32 bits per heavy atom. The van der Waals surface area contributed by atoms with Crippen molar-refractivity contribution < 1.29 is 18.1 Å². The second kappa shape index (κ2) is 9.92. The Morgan fingerprint density at radius 1 is 1.13 bits per heavy atom. The van der Waals surface area contributed by atoms with Crippen molar-refractivity contribution in [3.8, 4) is 0 Å². The number of morpholine rings is 1. The van der Waals surface area contributed by atoms with E-state index in [2.05, 4.69) is 15.8 Å². The zero-order valence-corrected chi connectivity index (χ0v) is 18.3. The van der Waals surface area contributed by atoms with Gasteiger partial charge in [0.25, 0.3) is 5.69 Å². The maximum absolute atomic E-state index is 12.6. The van der Waals surface area contributed by atoms with Crippen molar-refractivity contribution in [2.24, 2.45) is 5.10 Å². The molecule has 12 heteroatoms. The molecule has 0 amide bonds. The molecule has 1 fully saturated rings. The van der Waals surface area contributed by atoms with Gasteiger partial charge in [0.2, 0.25) is 10.0 Å². The Hall–Kier alpha value is -2.93. The number of nitro groups is 1. The molecule has 31 heavy (non-hydrogen) atoms. The number of nitrogens with one attached hydrogen (secondary N) is 2. The van der Waals surface area contributed by atoms with E-state index in [0.29, 0.717) is 43.3 Å². The number of ether oxygens (including phenoxy) is 1. The van der Waals surface area contributed by atoms with E-state index in [1.807, 2.05) is 0 Å². The number of hydrogen-bond donors (Lipinski definition) is 2. The third-order valence-electron chi connectivity index (χ3n) is 4.54. The van der Waals surface area contributed by atoms with Gasteiger partial charge in [-0.3, -0.25) is 15.5 Å². The standard InChI is InChI=1S/C19H21N5O5S2/c1-14(15-2-6-17(7-3-15)24(25)26)21-22-19(30)20-16-4-8-18(9-5-16)31(27,28)23-10-12-29-13-11-23/h2-9H,10-13H2,1H3,(H2,20,22,30)/b21-14+. The third-order valence-corrected chi connectivity index (χ3v) is 6.65. The monoisotopic (exact) mass is 463 g/mol. The van der Waals surface area contributed by atoms with Crippen molar-refractivity contribution in [2.45, 2.75) is 11.8 Å². The zero-order valence-electron chi connectivity index (χ0n) is 16.6. The van der Waals surface area contributed by atoms with Crippen molar-refractivity contribution in [2.75, 3.05) is 31.6 Å². The van der Waals surface area contributed by atoms with Gasteiger partial charge in [0.1, 0.15) is 0 Å². The van der Waals surface area contributed by atoms with Gasteiger partial charge in [-0.05, 0) is 61.1 Å². The van der Waals surface area contributed by atoms with Crippen LogP contribution in [0.4, 0.5) is 11.4 Å². The van der Waals surface area contributed by atoms with Gasteiger partial charge in [-0.2, -0.15) is 9.41 Å². The van der Waals surface area contributed by atoms with E-state index in [4.69, 9.17) is 17.0 Å². The number of thiocarbonyl (C=S) groups is 1. The van der Waals surface area contributed by atoms with Gasteiger partial charge in [0, 0.05) is 30.9 Å². The number of anilines is 1. The lowest BCUT2D eigenvalue weighted by atomic mass is 10.1. The van der Waals surface area contributed by atoms with E-state index in [-0.39, 0.29) is 15.7 Å². The molecule has 1 aliphatic rings. The van der Waals surface area contributed by atoms with E-state index in [1.54, 1.807) is 31.2 Å². The number of hydrogen-bond acceptors (Lipinski definition) is 7. The van der Waals surface area contributed by atoms with E-state index in [0.717, 1.165) is 0 Å². The first-order valence-corrected chi connectivity index (χ1v) is 11.2. The van der Waals surface area contributed by atoms with Crippen LogP contribution in [0.1, 0.15) is 12.5 Å². The second-order valence-corrected chi connectivity index (χ2v) is 8.95. The van der Waals surface area contributed by atoms with Crippen LogP contribution in [0.15, 0.2) is 58.5 Å². The number of nitrogens with zero attached hydrogens (tertiary/aromatic N) is 3. The topological polar surface area (TPSA) is 126 Å². The number of non-ortho nitro benzene ring substituents is 1. The van der Waals surface area contributed by atoms with Gasteiger partial charge in [0.05, 0.1) is 28.7 Å². The van der Waals surface area contributed by atoms with Gasteiger partial charge < -0.3 is 10.1 Å².